The van der Waals surface area contributed by atoms with Crippen LogP contribution >= 0.6 is 0 Å². The minimum Gasteiger partial charge on any atom is -0.493 e. The number of halogens is 2. The molecular weight excluding hydrogens is 578 g/mol. The van der Waals surface area contributed by atoms with Gasteiger partial charge in [-0.25, -0.2) is 13.6 Å². The predicted molar refractivity (Wildman–Crippen MR) is 158 cm³/mol. The number of likely N-dealkylation sites (tertiary alicyclic amines) is 2. The van der Waals surface area contributed by atoms with Gasteiger partial charge in [-0.1, -0.05) is 6.07 Å². The number of ether oxygens (including phenoxy) is 3. The van der Waals surface area contributed by atoms with E-state index in [0.29, 0.717) is 68.0 Å². The molecule has 0 spiro atoms. The fourth-order valence-electron chi connectivity index (χ4n) is 5.85. The first-order valence-electron chi connectivity index (χ1n) is 14.6. The second-order valence-corrected chi connectivity index (χ2v) is 11.1. The van der Waals surface area contributed by atoms with Crippen molar-refractivity contribution in [3.8, 4) is 17.2 Å². The summed E-state index contributed by atoms with van der Waals surface area (Å²) < 4.78 is 46.1. The van der Waals surface area contributed by atoms with Crippen molar-refractivity contribution < 1.29 is 32.6 Å². The lowest BCUT2D eigenvalue weighted by molar-refractivity contribution is -0.128. The molecule has 1 unspecified atom stereocenters. The van der Waals surface area contributed by atoms with Crippen molar-refractivity contribution in [2.24, 2.45) is 0 Å². The number of rotatable bonds is 11. The Labute approximate surface area is 252 Å². The van der Waals surface area contributed by atoms with Crippen molar-refractivity contribution in [2.45, 2.75) is 51.0 Å². The average molecular weight is 615 g/mol. The molecular formula is C31H36F2N4O7. The van der Waals surface area contributed by atoms with Crippen LogP contribution in [-0.2, 0) is 16.1 Å². The molecule has 2 aliphatic rings. The Bertz CT molecular complexity index is 1630. The van der Waals surface area contributed by atoms with Gasteiger partial charge in [-0.3, -0.25) is 23.5 Å². The summed E-state index contributed by atoms with van der Waals surface area (Å²) in [6, 6.07) is 9.33. The van der Waals surface area contributed by atoms with E-state index in [-0.39, 0.29) is 35.7 Å². The highest BCUT2D eigenvalue weighted by atomic mass is 19.1. The number of benzene rings is 2. The first-order chi connectivity index (χ1) is 21.3. The maximum absolute atomic E-state index is 14.0. The second-order valence-electron chi connectivity index (χ2n) is 11.1. The highest BCUT2D eigenvalue weighted by molar-refractivity contribution is 5.80. The lowest BCUT2D eigenvalue weighted by atomic mass is 10.0. The zero-order chi connectivity index (χ0) is 31.4. The van der Waals surface area contributed by atoms with E-state index >= 15 is 0 Å². The van der Waals surface area contributed by atoms with Gasteiger partial charge in [-0.15, -0.1) is 0 Å². The Balaban J connectivity index is 1.51. The molecule has 0 radical (unpaired) electrons. The molecule has 2 amide bonds. The third-order valence-corrected chi connectivity index (χ3v) is 8.25. The van der Waals surface area contributed by atoms with E-state index in [2.05, 4.69) is 0 Å². The fourth-order valence-corrected chi connectivity index (χ4v) is 5.85. The van der Waals surface area contributed by atoms with Crippen LogP contribution in [0.4, 0.5) is 8.78 Å². The quantitative estimate of drug-likeness (QED) is 0.306. The number of nitrogens with zero attached hydrogens (tertiary/aromatic N) is 4. The maximum atomic E-state index is 14.0. The Morgan fingerprint density at radius 3 is 2.41 bits per heavy atom. The topological polar surface area (TPSA) is 112 Å². The fraction of sp³-hybridized carbons (Fsp3) is 0.484. The van der Waals surface area contributed by atoms with Gasteiger partial charge in [0, 0.05) is 39.0 Å². The van der Waals surface area contributed by atoms with E-state index in [1.807, 2.05) is 0 Å². The van der Waals surface area contributed by atoms with Crippen LogP contribution in [0.1, 0.15) is 37.8 Å². The number of hydrogen-bond donors (Lipinski definition) is 0. The van der Waals surface area contributed by atoms with Crippen LogP contribution in [0.25, 0.3) is 10.9 Å². The molecule has 3 aromatic rings. The van der Waals surface area contributed by atoms with E-state index in [1.54, 1.807) is 38.6 Å². The first-order valence-corrected chi connectivity index (χ1v) is 14.6. The van der Waals surface area contributed by atoms with Crippen molar-refractivity contribution in [3.63, 3.8) is 0 Å². The highest BCUT2D eigenvalue weighted by Crippen LogP contribution is 2.31. The summed E-state index contributed by atoms with van der Waals surface area (Å²) in [7, 11) is 1.49. The van der Waals surface area contributed by atoms with Crippen LogP contribution in [0, 0.1) is 0 Å². The molecule has 13 heteroatoms. The number of carbonyl (C=O) groups excluding carboxylic acids is 2. The SMILES string of the molecule is COc1cc(Cn2c(=O)c3cc(OC(CF)CF)ccc3n(C3CCN(C=O)CC3)c2=O)ccc1OC1CCN(C(C)=O)C1. The van der Waals surface area contributed by atoms with Crippen LogP contribution in [0.5, 0.6) is 17.2 Å². The molecule has 3 heterocycles. The zero-order valence-electron chi connectivity index (χ0n) is 24.7. The summed E-state index contributed by atoms with van der Waals surface area (Å²) in [5.74, 6) is 0.996. The molecule has 44 heavy (non-hydrogen) atoms. The van der Waals surface area contributed by atoms with Crippen LogP contribution in [0.15, 0.2) is 46.0 Å². The number of alkyl halides is 2. The molecule has 11 nitrogen and oxygen atoms in total. The summed E-state index contributed by atoms with van der Waals surface area (Å²) >= 11 is 0. The van der Waals surface area contributed by atoms with Gasteiger partial charge in [-0.2, -0.15) is 0 Å². The Morgan fingerprint density at radius 1 is 1.02 bits per heavy atom. The molecule has 2 aliphatic heterocycles. The Hall–Kier alpha value is -4.42. The van der Waals surface area contributed by atoms with Crippen LogP contribution < -0.4 is 25.5 Å². The maximum Gasteiger partial charge on any atom is 0.332 e. The van der Waals surface area contributed by atoms with Crippen molar-refractivity contribution in [3.05, 3.63) is 62.8 Å². The molecule has 1 atom stereocenters. The Kier molecular flexibility index (Phi) is 9.50. The zero-order valence-corrected chi connectivity index (χ0v) is 24.7. The second kappa shape index (κ2) is 13.5. The highest BCUT2D eigenvalue weighted by Gasteiger charge is 2.27. The molecule has 2 fully saturated rings. The average Bonchev–Trinajstić information content (AvgIpc) is 3.52. The standard InChI is InChI=1S/C31H36F2N4O7/c1-20(39)35-12-9-24(18-35)44-28-6-3-21(13-29(28)42-2)17-36-30(40)26-14-23(43-25(15-32)16-33)4-5-27(26)37(31(36)41)22-7-10-34(19-38)11-8-22/h3-6,13-14,19,22,24-25H,7-12,15-18H2,1-2H3. The largest absolute Gasteiger partial charge is 0.493 e. The lowest BCUT2D eigenvalue weighted by Crippen LogP contribution is -2.44. The molecule has 236 valence electrons. The predicted octanol–water partition coefficient (Wildman–Crippen LogP) is 2.70. The summed E-state index contributed by atoms with van der Waals surface area (Å²) in [5.41, 5.74) is -0.110. The van der Waals surface area contributed by atoms with Crippen molar-refractivity contribution in [2.75, 3.05) is 46.6 Å². The number of piperidine rings is 1. The smallest absolute Gasteiger partial charge is 0.332 e. The third kappa shape index (κ3) is 6.41. The molecule has 0 bridgehead atoms. The number of hydrogen-bond acceptors (Lipinski definition) is 7. The third-order valence-electron chi connectivity index (χ3n) is 8.25. The van der Waals surface area contributed by atoms with Gasteiger partial charge in [0.2, 0.25) is 12.3 Å². The van der Waals surface area contributed by atoms with E-state index < -0.39 is 30.7 Å². The first kappa shape index (κ1) is 31.0. The van der Waals surface area contributed by atoms with Gasteiger partial charge in [0.15, 0.2) is 17.6 Å². The Morgan fingerprint density at radius 2 is 1.77 bits per heavy atom. The van der Waals surface area contributed by atoms with E-state index in [9.17, 15) is 28.0 Å². The number of fused-ring (bicyclic) bond motifs is 1. The number of methoxy groups -OCH3 is 1. The molecule has 2 saturated heterocycles. The van der Waals surface area contributed by atoms with Crippen LogP contribution in [0.2, 0.25) is 0 Å². The monoisotopic (exact) mass is 614 g/mol. The van der Waals surface area contributed by atoms with E-state index in [0.717, 1.165) is 11.0 Å². The van der Waals surface area contributed by atoms with Gasteiger partial charge in [0.1, 0.15) is 25.2 Å². The summed E-state index contributed by atoms with van der Waals surface area (Å²) in [6.07, 6.45) is 0.990. The minimum atomic E-state index is -1.31. The molecule has 0 saturated carbocycles. The normalized spacial score (nSPS) is 17.3. The van der Waals surface area contributed by atoms with Gasteiger partial charge in [-0.05, 0) is 48.7 Å². The molecule has 0 aliphatic carbocycles. The molecule has 1 aromatic heterocycles. The summed E-state index contributed by atoms with van der Waals surface area (Å²) in [5, 5.41) is 0.166. The molecule has 0 N–H and O–H groups in total. The van der Waals surface area contributed by atoms with Crippen LogP contribution in [-0.4, -0.2) is 90.1 Å². The number of carbonyl (C=O) groups is 2. The van der Waals surface area contributed by atoms with Crippen molar-refractivity contribution in [1.82, 2.24) is 18.9 Å². The van der Waals surface area contributed by atoms with Crippen molar-refractivity contribution >= 4 is 23.2 Å². The lowest BCUT2D eigenvalue weighted by Gasteiger charge is -2.31. The van der Waals surface area contributed by atoms with E-state index in [1.165, 1.54) is 26.2 Å². The molecule has 2 aromatic carbocycles. The number of amides is 2. The summed E-state index contributed by atoms with van der Waals surface area (Å²) in [4.78, 5) is 54.1. The van der Waals surface area contributed by atoms with Gasteiger partial charge >= 0.3 is 5.69 Å². The number of aromatic nitrogens is 2. The minimum absolute atomic E-state index is 0.0116. The summed E-state index contributed by atoms with van der Waals surface area (Å²) in [6.45, 7) is 1.37. The van der Waals surface area contributed by atoms with Gasteiger partial charge < -0.3 is 24.0 Å². The van der Waals surface area contributed by atoms with E-state index in [4.69, 9.17) is 14.2 Å². The van der Waals surface area contributed by atoms with Crippen molar-refractivity contribution in [1.29, 1.82) is 0 Å². The van der Waals surface area contributed by atoms with Gasteiger partial charge in [0.05, 0.1) is 31.1 Å². The molecule has 5 rings (SSSR count). The van der Waals surface area contributed by atoms with Gasteiger partial charge in [0.25, 0.3) is 5.56 Å². The van der Waals surface area contributed by atoms with Crippen LogP contribution in [0.3, 0.4) is 0 Å².